The molecule has 0 radical (unpaired) electrons. The number of rotatable bonds is 5. The number of ketones is 1. The van der Waals surface area contributed by atoms with Gasteiger partial charge in [-0.15, -0.1) is 0 Å². The van der Waals surface area contributed by atoms with Crippen molar-refractivity contribution in [1.29, 1.82) is 0 Å². The number of nitrogens with zero attached hydrogens (tertiary/aromatic N) is 2. The number of aliphatic hydroxyl groups is 1. The summed E-state index contributed by atoms with van der Waals surface area (Å²) in [6.45, 7) is 5.97. The third-order valence-electron chi connectivity index (χ3n) is 5.19. The molecule has 5 nitrogen and oxygen atoms in total. The van der Waals surface area contributed by atoms with E-state index in [-0.39, 0.29) is 23.8 Å². The van der Waals surface area contributed by atoms with Gasteiger partial charge in [-0.3, -0.25) is 14.5 Å². The lowest BCUT2D eigenvalue weighted by Gasteiger charge is -2.44. The van der Waals surface area contributed by atoms with Crippen LogP contribution in [0.25, 0.3) is 0 Å². The number of carbonyl (C=O) groups is 2. The lowest BCUT2D eigenvalue weighted by molar-refractivity contribution is 0.0269. The van der Waals surface area contributed by atoms with Crippen molar-refractivity contribution in [1.82, 2.24) is 9.80 Å². The quantitative estimate of drug-likeness (QED) is 0.827. The first-order valence-electron chi connectivity index (χ1n) is 9.32. The van der Waals surface area contributed by atoms with Crippen LogP contribution in [-0.4, -0.2) is 58.4 Å². The third kappa shape index (κ3) is 4.43. The van der Waals surface area contributed by atoms with E-state index in [4.69, 9.17) is 5.11 Å². The van der Waals surface area contributed by atoms with Crippen LogP contribution in [0.1, 0.15) is 40.1 Å². The predicted octanol–water partition coefficient (Wildman–Crippen LogP) is 2.60. The molecule has 3 rings (SSSR count). The van der Waals surface area contributed by atoms with Crippen LogP contribution >= 0.6 is 0 Å². The van der Waals surface area contributed by atoms with Crippen molar-refractivity contribution in [3.63, 3.8) is 0 Å². The Balaban J connectivity index is 1.65. The molecular formula is C22H26N2O3. The molecule has 1 amide bonds. The van der Waals surface area contributed by atoms with Gasteiger partial charge in [0.1, 0.15) is 6.61 Å². The topological polar surface area (TPSA) is 60.9 Å². The molecule has 1 N–H and O–H groups in total. The first-order chi connectivity index (χ1) is 13.0. The van der Waals surface area contributed by atoms with Gasteiger partial charge in [0, 0.05) is 42.8 Å². The number of amides is 1. The van der Waals surface area contributed by atoms with E-state index in [9.17, 15) is 9.59 Å². The fraction of sp³-hybridized carbons (Fsp3) is 0.364. The minimum absolute atomic E-state index is 0.0841. The Kier molecular flexibility index (Phi) is 6.04. The Bertz CT molecular complexity index is 777. The van der Waals surface area contributed by atoms with Crippen LogP contribution < -0.4 is 0 Å². The highest BCUT2D eigenvalue weighted by Crippen LogP contribution is 2.21. The SMILES string of the molecule is C[C@@H]1CN(C(=O)c2ccccc2)C[C@H](C)N1Cc1ccc(C(=O)CO)cc1. The summed E-state index contributed by atoms with van der Waals surface area (Å²) >= 11 is 0. The van der Waals surface area contributed by atoms with E-state index in [1.54, 1.807) is 12.1 Å². The smallest absolute Gasteiger partial charge is 0.253 e. The van der Waals surface area contributed by atoms with Crippen LogP contribution in [0.15, 0.2) is 54.6 Å². The van der Waals surface area contributed by atoms with Gasteiger partial charge in [-0.2, -0.15) is 0 Å². The van der Waals surface area contributed by atoms with Gasteiger partial charge in [0.05, 0.1) is 0 Å². The molecular weight excluding hydrogens is 340 g/mol. The average molecular weight is 366 g/mol. The standard InChI is InChI=1S/C22H26N2O3/c1-16-12-23(22(27)20-6-4-3-5-7-20)13-17(2)24(16)14-18-8-10-19(11-9-18)21(26)15-25/h3-11,16-17,25H,12-15H2,1-2H3/t16-,17+. The highest BCUT2D eigenvalue weighted by Gasteiger charge is 2.32. The highest BCUT2D eigenvalue weighted by atomic mass is 16.3. The Morgan fingerprint density at radius 3 is 2.07 bits per heavy atom. The summed E-state index contributed by atoms with van der Waals surface area (Å²) in [4.78, 5) is 28.6. The van der Waals surface area contributed by atoms with E-state index in [1.807, 2.05) is 47.4 Å². The molecule has 0 aromatic heterocycles. The molecule has 142 valence electrons. The molecule has 2 atom stereocenters. The van der Waals surface area contributed by atoms with Crippen molar-refractivity contribution in [2.75, 3.05) is 19.7 Å². The molecule has 1 aliphatic rings. The first kappa shape index (κ1) is 19.3. The Hall–Kier alpha value is -2.50. The van der Waals surface area contributed by atoms with Crippen LogP contribution in [0.4, 0.5) is 0 Å². The summed E-state index contributed by atoms with van der Waals surface area (Å²) in [6, 6.07) is 17.3. The van der Waals surface area contributed by atoms with E-state index < -0.39 is 6.61 Å². The van der Waals surface area contributed by atoms with Crippen LogP contribution in [0, 0.1) is 0 Å². The molecule has 0 bridgehead atoms. The molecule has 1 aliphatic heterocycles. The second-order valence-electron chi connectivity index (χ2n) is 7.22. The normalized spacial score (nSPS) is 20.5. The lowest BCUT2D eigenvalue weighted by Crippen LogP contribution is -2.57. The van der Waals surface area contributed by atoms with Gasteiger partial charge in [-0.05, 0) is 31.5 Å². The first-order valence-corrected chi connectivity index (χ1v) is 9.32. The van der Waals surface area contributed by atoms with Gasteiger partial charge < -0.3 is 10.0 Å². The summed E-state index contributed by atoms with van der Waals surface area (Å²) in [7, 11) is 0. The third-order valence-corrected chi connectivity index (χ3v) is 5.19. The number of hydrogen-bond acceptors (Lipinski definition) is 4. The molecule has 27 heavy (non-hydrogen) atoms. The lowest BCUT2D eigenvalue weighted by atomic mass is 10.0. The minimum atomic E-state index is -0.467. The van der Waals surface area contributed by atoms with Gasteiger partial charge in [0.25, 0.3) is 5.91 Å². The zero-order chi connectivity index (χ0) is 19.4. The molecule has 2 aromatic carbocycles. The number of piperazine rings is 1. The van der Waals surface area contributed by atoms with Crippen LogP contribution in [0.3, 0.4) is 0 Å². The van der Waals surface area contributed by atoms with Crippen molar-refractivity contribution in [2.24, 2.45) is 0 Å². The number of hydrogen-bond donors (Lipinski definition) is 1. The molecule has 2 aromatic rings. The second kappa shape index (κ2) is 8.46. The van der Waals surface area contributed by atoms with E-state index in [1.165, 1.54) is 0 Å². The summed E-state index contributed by atoms with van der Waals surface area (Å²) in [5.41, 5.74) is 2.38. The Labute approximate surface area is 160 Å². The molecule has 0 unspecified atom stereocenters. The Morgan fingerprint density at radius 1 is 0.926 bits per heavy atom. The molecule has 0 aliphatic carbocycles. The second-order valence-corrected chi connectivity index (χ2v) is 7.22. The molecule has 1 fully saturated rings. The monoisotopic (exact) mass is 366 g/mol. The predicted molar refractivity (Wildman–Crippen MR) is 105 cm³/mol. The zero-order valence-electron chi connectivity index (χ0n) is 15.8. The van der Waals surface area contributed by atoms with Gasteiger partial charge >= 0.3 is 0 Å². The molecule has 5 heteroatoms. The molecule has 1 heterocycles. The molecule has 0 saturated carbocycles. The van der Waals surface area contributed by atoms with E-state index in [2.05, 4.69) is 18.7 Å². The fourth-order valence-electron chi connectivity index (χ4n) is 3.70. The van der Waals surface area contributed by atoms with Crippen molar-refractivity contribution in [3.05, 3.63) is 71.3 Å². The van der Waals surface area contributed by atoms with Gasteiger partial charge in [0.15, 0.2) is 5.78 Å². The van der Waals surface area contributed by atoms with Crippen LogP contribution in [-0.2, 0) is 6.54 Å². The highest BCUT2D eigenvalue weighted by molar-refractivity contribution is 5.96. The van der Waals surface area contributed by atoms with E-state index in [0.717, 1.165) is 17.7 Å². The van der Waals surface area contributed by atoms with Crippen LogP contribution in [0.2, 0.25) is 0 Å². The fourth-order valence-corrected chi connectivity index (χ4v) is 3.70. The van der Waals surface area contributed by atoms with Crippen molar-refractivity contribution >= 4 is 11.7 Å². The number of carbonyl (C=O) groups excluding carboxylic acids is 2. The molecule has 0 spiro atoms. The number of Topliss-reactive ketones (excluding diaryl/α,β-unsaturated/α-hetero) is 1. The summed E-state index contributed by atoms with van der Waals surface area (Å²) in [5, 5.41) is 8.95. The minimum Gasteiger partial charge on any atom is -0.388 e. The van der Waals surface area contributed by atoms with E-state index in [0.29, 0.717) is 18.7 Å². The number of aliphatic hydroxyl groups excluding tert-OH is 1. The zero-order valence-corrected chi connectivity index (χ0v) is 15.8. The van der Waals surface area contributed by atoms with Gasteiger partial charge in [-0.1, -0.05) is 42.5 Å². The maximum atomic E-state index is 12.7. The summed E-state index contributed by atoms with van der Waals surface area (Å²) < 4.78 is 0. The number of benzene rings is 2. The summed E-state index contributed by atoms with van der Waals surface area (Å²) in [6.07, 6.45) is 0. The van der Waals surface area contributed by atoms with Crippen molar-refractivity contribution in [2.45, 2.75) is 32.5 Å². The maximum absolute atomic E-state index is 12.7. The van der Waals surface area contributed by atoms with Gasteiger partial charge in [-0.25, -0.2) is 0 Å². The summed E-state index contributed by atoms with van der Waals surface area (Å²) in [5.74, 6) is -0.183. The van der Waals surface area contributed by atoms with Crippen LogP contribution in [0.5, 0.6) is 0 Å². The van der Waals surface area contributed by atoms with Crippen molar-refractivity contribution in [3.8, 4) is 0 Å². The largest absolute Gasteiger partial charge is 0.388 e. The van der Waals surface area contributed by atoms with Gasteiger partial charge in [0.2, 0.25) is 0 Å². The average Bonchev–Trinajstić information content (AvgIpc) is 2.70. The van der Waals surface area contributed by atoms with Crippen molar-refractivity contribution < 1.29 is 14.7 Å². The maximum Gasteiger partial charge on any atom is 0.253 e. The molecule has 1 saturated heterocycles. The van der Waals surface area contributed by atoms with E-state index >= 15 is 0 Å². The Morgan fingerprint density at radius 2 is 1.52 bits per heavy atom.